The van der Waals surface area contributed by atoms with Gasteiger partial charge in [0.1, 0.15) is 0 Å². The van der Waals surface area contributed by atoms with Gasteiger partial charge in [-0.3, -0.25) is 14.6 Å². The van der Waals surface area contributed by atoms with Gasteiger partial charge in [-0.25, -0.2) is 0 Å². The zero-order valence-electron chi connectivity index (χ0n) is 9.18. The second-order valence-corrected chi connectivity index (χ2v) is 3.80. The van der Waals surface area contributed by atoms with E-state index in [0.29, 0.717) is 6.04 Å². The third-order valence-corrected chi connectivity index (χ3v) is 2.50. The van der Waals surface area contributed by atoms with Crippen molar-refractivity contribution in [2.24, 2.45) is 0 Å². The number of carboxylic acid groups (broad SMARTS) is 1. The van der Waals surface area contributed by atoms with Crippen LogP contribution in [-0.4, -0.2) is 59.6 Å². The zero-order valence-corrected chi connectivity index (χ0v) is 10.8. The lowest BCUT2D eigenvalue weighted by molar-refractivity contribution is -0.138. The van der Waals surface area contributed by atoms with Gasteiger partial charge in [0.2, 0.25) is 0 Å². The van der Waals surface area contributed by atoms with Crippen LogP contribution in [0, 0.1) is 0 Å². The van der Waals surface area contributed by atoms with Gasteiger partial charge in [-0.05, 0) is 13.8 Å². The maximum absolute atomic E-state index is 10.4. The fraction of sp³-hybridized carbons (Fsp3) is 0.889. The summed E-state index contributed by atoms with van der Waals surface area (Å²) in [7, 11) is 0. The Labute approximate surface area is 103 Å². The number of aliphatic carboxylic acids is 1. The van der Waals surface area contributed by atoms with Crippen LogP contribution in [0.25, 0.3) is 0 Å². The Hall–Kier alpha value is -0.0300. The quantitative estimate of drug-likeness (QED) is 0.819. The van der Waals surface area contributed by atoms with Gasteiger partial charge in [0.05, 0.1) is 6.54 Å². The van der Waals surface area contributed by atoms with E-state index in [1.165, 1.54) is 0 Å². The van der Waals surface area contributed by atoms with Crippen LogP contribution in [0.5, 0.6) is 0 Å². The molecule has 0 unspecified atom stereocenters. The predicted molar refractivity (Wildman–Crippen MR) is 65.3 cm³/mol. The highest BCUT2D eigenvalue weighted by Crippen LogP contribution is 2.04. The maximum Gasteiger partial charge on any atom is 0.317 e. The second-order valence-electron chi connectivity index (χ2n) is 3.80. The van der Waals surface area contributed by atoms with Crippen LogP contribution in [0.2, 0.25) is 0 Å². The van der Waals surface area contributed by atoms with Crippen LogP contribution < -0.4 is 0 Å². The average molecular weight is 259 g/mol. The van der Waals surface area contributed by atoms with Crippen molar-refractivity contribution in [2.75, 3.05) is 32.7 Å². The van der Waals surface area contributed by atoms with Crippen LogP contribution in [0.4, 0.5) is 0 Å². The molecule has 1 fully saturated rings. The normalized spacial score (nSPS) is 18.1. The van der Waals surface area contributed by atoms with Crippen LogP contribution in [0.1, 0.15) is 13.8 Å². The summed E-state index contributed by atoms with van der Waals surface area (Å²) >= 11 is 0. The molecule has 1 rings (SSSR count). The fourth-order valence-corrected chi connectivity index (χ4v) is 1.63. The minimum absolute atomic E-state index is 0. The van der Waals surface area contributed by atoms with Crippen molar-refractivity contribution in [3.8, 4) is 0 Å². The molecule has 4 nitrogen and oxygen atoms in total. The van der Waals surface area contributed by atoms with E-state index in [9.17, 15) is 4.79 Å². The van der Waals surface area contributed by atoms with E-state index in [2.05, 4.69) is 18.7 Å². The lowest BCUT2D eigenvalue weighted by Crippen LogP contribution is -2.49. The van der Waals surface area contributed by atoms with Crippen molar-refractivity contribution in [1.82, 2.24) is 9.80 Å². The van der Waals surface area contributed by atoms with Crippen LogP contribution in [0.15, 0.2) is 0 Å². The third-order valence-electron chi connectivity index (χ3n) is 2.50. The third kappa shape index (κ3) is 6.20. The number of carboxylic acids is 1. The Bertz CT molecular complexity index is 183. The Morgan fingerprint density at radius 1 is 1.20 bits per heavy atom. The van der Waals surface area contributed by atoms with Gasteiger partial charge in [0.25, 0.3) is 0 Å². The largest absolute Gasteiger partial charge is 0.480 e. The number of piperazine rings is 1. The Morgan fingerprint density at radius 3 is 2.00 bits per heavy atom. The summed E-state index contributed by atoms with van der Waals surface area (Å²) in [5.74, 6) is -0.724. The first-order valence-electron chi connectivity index (χ1n) is 4.78. The zero-order chi connectivity index (χ0) is 9.84. The molecule has 0 aliphatic carbocycles. The van der Waals surface area contributed by atoms with Gasteiger partial charge in [0, 0.05) is 32.2 Å². The van der Waals surface area contributed by atoms with Crippen molar-refractivity contribution in [2.45, 2.75) is 19.9 Å². The molecular formula is C9H20Cl2N2O2. The van der Waals surface area contributed by atoms with E-state index >= 15 is 0 Å². The molecule has 0 spiro atoms. The van der Waals surface area contributed by atoms with Crippen molar-refractivity contribution in [3.63, 3.8) is 0 Å². The molecule has 0 radical (unpaired) electrons. The number of hydrogen-bond acceptors (Lipinski definition) is 3. The van der Waals surface area contributed by atoms with Crippen LogP contribution >= 0.6 is 24.8 Å². The molecule has 1 aliphatic rings. The molecule has 1 N–H and O–H groups in total. The van der Waals surface area contributed by atoms with Crippen LogP contribution in [0.3, 0.4) is 0 Å². The van der Waals surface area contributed by atoms with Gasteiger partial charge in [-0.1, -0.05) is 0 Å². The summed E-state index contributed by atoms with van der Waals surface area (Å²) in [5.41, 5.74) is 0. The molecule has 1 aliphatic heterocycles. The highest BCUT2D eigenvalue weighted by molar-refractivity contribution is 5.85. The summed E-state index contributed by atoms with van der Waals surface area (Å²) in [5, 5.41) is 8.59. The topological polar surface area (TPSA) is 43.8 Å². The molecule has 0 amide bonds. The first kappa shape index (κ1) is 17.4. The van der Waals surface area contributed by atoms with E-state index in [1.54, 1.807) is 0 Å². The van der Waals surface area contributed by atoms with Gasteiger partial charge >= 0.3 is 5.97 Å². The molecule has 0 aromatic carbocycles. The molecule has 0 bridgehead atoms. The SMILES string of the molecule is CC(C)N1CCN(CC(=O)O)CC1.Cl.Cl. The van der Waals surface area contributed by atoms with E-state index in [1.807, 2.05) is 4.90 Å². The van der Waals surface area contributed by atoms with Crippen molar-refractivity contribution in [1.29, 1.82) is 0 Å². The van der Waals surface area contributed by atoms with Crippen molar-refractivity contribution in [3.05, 3.63) is 0 Å². The van der Waals surface area contributed by atoms with Gasteiger partial charge in [-0.2, -0.15) is 0 Å². The number of hydrogen-bond donors (Lipinski definition) is 1. The Balaban J connectivity index is 0. The van der Waals surface area contributed by atoms with Crippen molar-refractivity contribution >= 4 is 30.8 Å². The van der Waals surface area contributed by atoms with Crippen molar-refractivity contribution < 1.29 is 9.90 Å². The smallest absolute Gasteiger partial charge is 0.317 e. The molecule has 0 aromatic heterocycles. The molecule has 0 saturated carbocycles. The number of nitrogens with zero attached hydrogens (tertiary/aromatic N) is 2. The number of carbonyl (C=O) groups is 1. The average Bonchev–Trinajstić information content (AvgIpc) is 2.04. The first-order chi connectivity index (χ1) is 6.09. The summed E-state index contributed by atoms with van der Waals surface area (Å²) in [4.78, 5) is 14.8. The van der Waals surface area contributed by atoms with Gasteiger partial charge < -0.3 is 5.11 Å². The second kappa shape index (κ2) is 8.16. The fourth-order valence-electron chi connectivity index (χ4n) is 1.63. The summed E-state index contributed by atoms with van der Waals surface area (Å²) in [6, 6.07) is 0.576. The van der Waals surface area contributed by atoms with E-state index < -0.39 is 5.97 Å². The van der Waals surface area contributed by atoms with Crippen LogP contribution in [-0.2, 0) is 4.79 Å². The van der Waals surface area contributed by atoms with E-state index in [0.717, 1.165) is 26.2 Å². The maximum atomic E-state index is 10.4. The summed E-state index contributed by atoms with van der Waals surface area (Å²) < 4.78 is 0. The molecule has 15 heavy (non-hydrogen) atoms. The Kier molecular flexibility index (Phi) is 9.45. The van der Waals surface area contributed by atoms with Gasteiger partial charge in [0.15, 0.2) is 0 Å². The monoisotopic (exact) mass is 258 g/mol. The molecule has 0 atom stereocenters. The minimum atomic E-state index is -0.724. The van der Waals surface area contributed by atoms with Gasteiger partial charge in [-0.15, -0.1) is 24.8 Å². The first-order valence-corrected chi connectivity index (χ1v) is 4.78. The molecule has 1 saturated heterocycles. The minimum Gasteiger partial charge on any atom is -0.480 e. The molecule has 1 heterocycles. The molecule has 92 valence electrons. The molecular weight excluding hydrogens is 239 g/mol. The standard InChI is InChI=1S/C9H18N2O2.2ClH/c1-8(2)11-5-3-10(4-6-11)7-9(12)13;;/h8H,3-7H2,1-2H3,(H,12,13);2*1H. The van der Waals surface area contributed by atoms with E-state index in [-0.39, 0.29) is 31.4 Å². The summed E-state index contributed by atoms with van der Waals surface area (Å²) in [6.07, 6.45) is 0. The number of rotatable bonds is 3. The Morgan fingerprint density at radius 2 is 1.67 bits per heavy atom. The predicted octanol–water partition coefficient (Wildman–Crippen LogP) is 0.941. The number of halogens is 2. The highest BCUT2D eigenvalue weighted by Gasteiger charge is 2.19. The lowest BCUT2D eigenvalue weighted by atomic mass is 10.2. The molecule has 6 heteroatoms. The summed E-state index contributed by atoms with van der Waals surface area (Å²) in [6.45, 7) is 8.27. The highest BCUT2D eigenvalue weighted by atomic mass is 35.5. The van der Waals surface area contributed by atoms with E-state index in [4.69, 9.17) is 5.11 Å². The molecule has 0 aromatic rings. The lowest BCUT2D eigenvalue weighted by Gasteiger charge is -2.36.